The van der Waals surface area contributed by atoms with Gasteiger partial charge in [-0.2, -0.15) is 0 Å². The largest absolute Gasteiger partial charge is 0.496 e. The van der Waals surface area contributed by atoms with Crippen LogP contribution in [0.25, 0.3) is 66.1 Å². The van der Waals surface area contributed by atoms with E-state index < -0.39 is 23.5 Å². The molecule has 0 saturated heterocycles. The number of methoxy groups -OCH3 is 2. The molecule has 0 aliphatic rings. The van der Waals surface area contributed by atoms with Crippen LogP contribution < -0.4 is 31.5 Å². The molecule has 2 aromatic carbocycles. The molecular formula is C58H62N12O11. The Morgan fingerprint density at radius 2 is 0.975 bits per heavy atom. The van der Waals surface area contributed by atoms with Gasteiger partial charge in [0.25, 0.3) is 0 Å². The third kappa shape index (κ3) is 11.0. The molecule has 8 aromatic heterocycles. The number of aryl methyl sites for hydroxylation is 4. The van der Waals surface area contributed by atoms with Crippen molar-refractivity contribution in [2.45, 2.75) is 66.7 Å². The fourth-order valence-corrected chi connectivity index (χ4v) is 10.4. The Bertz CT molecular complexity index is 3750. The highest BCUT2D eigenvalue weighted by Crippen LogP contribution is 2.41. The fraction of sp³-hybridized carbons (Fsp3) is 0.345. The van der Waals surface area contributed by atoms with E-state index in [2.05, 4.69) is 30.9 Å². The predicted octanol–water partition coefficient (Wildman–Crippen LogP) is 6.57. The highest BCUT2D eigenvalue weighted by molar-refractivity contribution is 6.06. The zero-order valence-electron chi connectivity index (χ0n) is 46.3. The number of carbonyl (C=O) groups is 2. The van der Waals surface area contributed by atoms with E-state index in [-0.39, 0.29) is 77.6 Å². The van der Waals surface area contributed by atoms with Crippen LogP contribution in [0.2, 0.25) is 0 Å². The van der Waals surface area contributed by atoms with Crippen LogP contribution in [0, 0.1) is 27.7 Å². The van der Waals surface area contributed by atoms with E-state index in [9.17, 15) is 19.2 Å². The summed E-state index contributed by atoms with van der Waals surface area (Å²) in [6, 6.07) is 17.6. The van der Waals surface area contributed by atoms with Crippen molar-refractivity contribution < 1.29 is 42.3 Å². The van der Waals surface area contributed by atoms with Gasteiger partial charge in [-0.15, -0.1) is 0 Å². The molecule has 0 fully saturated rings. The molecule has 0 radical (unpaired) electrons. The van der Waals surface area contributed by atoms with E-state index in [1.807, 2.05) is 102 Å². The van der Waals surface area contributed by atoms with Crippen LogP contribution in [0.4, 0.5) is 0 Å². The number of imidazole rings is 2. The van der Waals surface area contributed by atoms with Gasteiger partial charge in [0.1, 0.15) is 36.1 Å². The molecule has 23 nitrogen and oxygen atoms in total. The molecule has 0 aliphatic heterocycles. The third-order valence-corrected chi connectivity index (χ3v) is 14.3. The van der Waals surface area contributed by atoms with E-state index >= 15 is 0 Å². The molecule has 2 amide bonds. The summed E-state index contributed by atoms with van der Waals surface area (Å²) in [6.45, 7) is 12.6. The average molecular weight is 1100 g/mol. The Balaban J connectivity index is 0.697. The van der Waals surface area contributed by atoms with Crippen molar-refractivity contribution in [3.8, 4) is 33.8 Å². The molecule has 23 heteroatoms. The van der Waals surface area contributed by atoms with Crippen molar-refractivity contribution in [2.75, 3.05) is 67.0 Å². The van der Waals surface area contributed by atoms with Crippen LogP contribution in [-0.4, -0.2) is 127 Å². The first-order valence-corrected chi connectivity index (χ1v) is 26.5. The second kappa shape index (κ2) is 24.1. The minimum Gasteiger partial charge on any atom is -0.496 e. The smallest absolute Gasteiger partial charge is 0.330 e. The summed E-state index contributed by atoms with van der Waals surface area (Å²) in [4.78, 5) is 74.2. The van der Waals surface area contributed by atoms with Gasteiger partial charge >= 0.3 is 11.4 Å². The number of nitrogens with one attached hydrogen (secondary N) is 2. The minimum absolute atomic E-state index is 0.199. The van der Waals surface area contributed by atoms with Gasteiger partial charge in [0, 0.05) is 47.4 Å². The Morgan fingerprint density at radius 1 is 0.568 bits per heavy atom. The number of carbonyl (C=O) groups excluding carboxylic acids is 2. The molecule has 0 spiro atoms. The van der Waals surface area contributed by atoms with Crippen molar-refractivity contribution in [2.24, 2.45) is 0 Å². The van der Waals surface area contributed by atoms with Crippen LogP contribution in [-0.2, 0) is 36.9 Å². The molecule has 0 saturated carbocycles. The molecule has 420 valence electrons. The van der Waals surface area contributed by atoms with Crippen molar-refractivity contribution in [3.63, 3.8) is 0 Å². The number of hydrogen-bond donors (Lipinski definition) is 2. The van der Waals surface area contributed by atoms with Crippen molar-refractivity contribution in [1.82, 2.24) is 59.2 Å². The van der Waals surface area contributed by atoms with E-state index in [1.54, 1.807) is 48.1 Å². The van der Waals surface area contributed by atoms with Crippen LogP contribution in [0.5, 0.6) is 11.5 Å². The summed E-state index contributed by atoms with van der Waals surface area (Å²) in [6.07, 6.45) is 6.57. The van der Waals surface area contributed by atoms with Crippen LogP contribution in [0.15, 0.2) is 104 Å². The summed E-state index contributed by atoms with van der Waals surface area (Å²) < 4.78 is 45.9. The standard InChI is InChI=1S/C58H62N12O11/c1-33-53(37(5)80-65-33)41-25-45-39(27-49(41)75-7)55-47(29-63-45)67(57(73)69(55)35(3)43-13-9-11-15-59-43)31-51(71)61-17-19-77-21-23-79-24-22-78-20-18-62-52(72)32-68-48-30-64-46-26-42(54-34(2)66-81-38(54)6)50(76-8)28-40(46)56(48)70(58(68)74)36(4)44-14-10-12-16-60-44/h9-16,25-30,35-36H,17-24,31-32H2,1-8H3,(H,61,71)(H,62,72). The fourth-order valence-electron chi connectivity index (χ4n) is 10.4. The zero-order chi connectivity index (χ0) is 56.9. The number of ether oxygens (including phenoxy) is 5. The Labute approximate surface area is 463 Å². The maximum absolute atomic E-state index is 14.4. The summed E-state index contributed by atoms with van der Waals surface area (Å²) in [5, 5.41) is 15.3. The lowest BCUT2D eigenvalue weighted by Crippen LogP contribution is -2.35. The number of hydrogen-bond acceptors (Lipinski definition) is 17. The normalized spacial score (nSPS) is 12.4. The zero-order valence-corrected chi connectivity index (χ0v) is 46.3. The number of aromatic nitrogens is 10. The van der Waals surface area contributed by atoms with E-state index in [0.29, 0.717) is 89.7 Å². The number of nitrogens with zero attached hydrogens (tertiary/aromatic N) is 10. The molecule has 10 rings (SSSR count). The van der Waals surface area contributed by atoms with Crippen molar-refractivity contribution in [1.29, 1.82) is 0 Å². The summed E-state index contributed by atoms with van der Waals surface area (Å²) in [5.41, 5.74) is 8.38. The van der Waals surface area contributed by atoms with Gasteiger partial charge in [-0.05, 0) is 90.1 Å². The van der Waals surface area contributed by atoms with Gasteiger partial charge < -0.3 is 43.4 Å². The van der Waals surface area contributed by atoms with Gasteiger partial charge in [0.2, 0.25) is 11.8 Å². The van der Waals surface area contributed by atoms with Gasteiger partial charge in [0.15, 0.2) is 0 Å². The van der Waals surface area contributed by atoms with Crippen molar-refractivity contribution in [3.05, 3.63) is 141 Å². The molecule has 10 aromatic rings. The number of rotatable bonds is 24. The van der Waals surface area contributed by atoms with Gasteiger partial charge in [-0.3, -0.25) is 47.8 Å². The van der Waals surface area contributed by atoms with E-state index in [0.717, 1.165) is 22.3 Å². The second-order valence-electron chi connectivity index (χ2n) is 19.4. The number of benzene rings is 2. The number of amides is 2. The summed E-state index contributed by atoms with van der Waals surface area (Å²) in [7, 11) is 3.16. The quantitative estimate of drug-likeness (QED) is 0.0606. The minimum atomic E-state index is -0.496. The van der Waals surface area contributed by atoms with Gasteiger partial charge in [-0.25, -0.2) is 9.59 Å². The maximum atomic E-state index is 14.4. The van der Waals surface area contributed by atoms with E-state index in [4.69, 9.17) is 42.7 Å². The molecule has 2 atom stereocenters. The van der Waals surface area contributed by atoms with Crippen molar-refractivity contribution >= 4 is 55.7 Å². The van der Waals surface area contributed by atoms with Gasteiger partial charge in [-0.1, -0.05) is 22.4 Å². The van der Waals surface area contributed by atoms with E-state index in [1.165, 1.54) is 9.13 Å². The Morgan fingerprint density at radius 3 is 1.33 bits per heavy atom. The summed E-state index contributed by atoms with van der Waals surface area (Å²) in [5.74, 6) is 1.58. The molecule has 8 heterocycles. The lowest BCUT2D eigenvalue weighted by atomic mass is 10.00. The van der Waals surface area contributed by atoms with Crippen LogP contribution in [0.3, 0.4) is 0 Å². The SMILES string of the molecule is COc1cc2c(cc1-c1c(C)noc1C)ncc1c2n(C(C)c2ccccn2)c(=O)n1CC(=O)NCCOCCOCCOCCNC(=O)Cn1c(=O)n(C(C)c2ccccn2)c2c3cc(OC)c(-c4c(C)noc4C)cc3ncc21. The molecule has 2 unspecified atom stereocenters. The first-order chi connectivity index (χ1) is 39.3. The number of fused-ring (bicyclic) bond motifs is 6. The topological polar surface area (TPSA) is 262 Å². The summed E-state index contributed by atoms with van der Waals surface area (Å²) >= 11 is 0. The monoisotopic (exact) mass is 1100 g/mol. The molecule has 0 bridgehead atoms. The molecule has 81 heavy (non-hydrogen) atoms. The Hall–Kier alpha value is -9.06. The molecule has 0 aliphatic carbocycles. The van der Waals surface area contributed by atoms with Crippen LogP contribution >= 0.6 is 0 Å². The van der Waals surface area contributed by atoms with Gasteiger partial charge in [0.05, 0.1) is 145 Å². The highest BCUT2D eigenvalue weighted by Gasteiger charge is 2.28. The lowest BCUT2D eigenvalue weighted by Gasteiger charge is -2.15. The molecule has 2 N–H and O–H groups in total. The Kier molecular flexibility index (Phi) is 16.5. The maximum Gasteiger partial charge on any atom is 0.330 e. The molecular weight excluding hydrogens is 1040 g/mol. The van der Waals surface area contributed by atoms with Crippen LogP contribution in [0.1, 0.15) is 60.2 Å². The number of pyridine rings is 4. The lowest BCUT2D eigenvalue weighted by molar-refractivity contribution is -0.122. The first kappa shape index (κ1) is 55.3. The average Bonchev–Trinajstić information content (AvgIpc) is 4.22. The highest BCUT2D eigenvalue weighted by atomic mass is 16.5. The first-order valence-electron chi connectivity index (χ1n) is 26.5. The second-order valence-corrected chi connectivity index (χ2v) is 19.4. The predicted molar refractivity (Wildman–Crippen MR) is 301 cm³/mol. The third-order valence-electron chi connectivity index (χ3n) is 14.3.